The Hall–Kier alpha value is -2.11. The van der Waals surface area contributed by atoms with Crippen LogP contribution < -0.4 is 10.1 Å². The maximum atomic E-state index is 11.9. The summed E-state index contributed by atoms with van der Waals surface area (Å²) >= 11 is 0. The van der Waals surface area contributed by atoms with E-state index >= 15 is 0 Å². The van der Waals surface area contributed by atoms with E-state index in [1.807, 2.05) is 6.92 Å². The number of anilines is 1. The van der Waals surface area contributed by atoms with Crippen molar-refractivity contribution in [3.63, 3.8) is 0 Å². The van der Waals surface area contributed by atoms with Gasteiger partial charge in [0.05, 0.1) is 18.1 Å². The van der Waals surface area contributed by atoms with Gasteiger partial charge in [0.2, 0.25) is 5.91 Å². The van der Waals surface area contributed by atoms with Crippen molar-refractivity contribution in [3.05, 3.63) is 28.3 Å². The van der Waals surface area contributed by atoms with Crippen molar-refractivity contribution in [2.24, 2.45) is 5.92 Å². The van der Waals surface area contributed by atoms with Gasteiger partial charge in [0, 0.05) is 5.92 Å². The molecule has 0 aliphatic heterocycles. The lowest BCUT2D eigenvalue weighted by atomic mass is 10.1. The van der Waals surface area contributed by atoms with E-state index in [9.17, 15) is 14.9 Å². The summed E-state index contributed by atoms with van der Waals surface area (Å²) in [4.78, 5) is 22.3. The maximum Gasteiger partial charge on any atom is 0.296 e. The summed E-state index contributed by atoms with van der Waals surface area (Å²) < 4.78 is 4.93. The van der Waals surface area contributed by atoms with Gasteiger partial charge in [-0.3, -0.25) is 14.9 Å². The van der Waals surface area contributed by atoms with Gasteiger partial charge in [0.1, 0.15) is 11.4 Å². The molecule has 1 unspecified atom stereocenters. The van der Waals surface area contributed by atoms with Crippen LogP contribution in [-0.2, 0) is 4.79 Å². The molecule has 1 amide bonds. The third-order valence-corrected chi connectivity index (χ3v) is 2.83. The van der Waals surface area contributed by atoms with E-state index in [0.717, 1.165) is 12.8 Å². The molecular weight excluding hydrogens is 248 g/mol. The zero-order chi connectivity index (χ0) is 14.4. The number of nitrogens with zero attached hydrogens (tertiary/aromatic N) is 1. The molecule has 1 aromatic carbocycles. The Morgan fingerprint density at radius 1 is 1.53 bits per heavy atom. The van der Waals surface area contributed by atoms with Crippen LogP contribution in [0.4, 0.5) is 11.4 Å². The molecule has 6 nitrogen and oxygen atoms in total. The molecule has 1 rings (SSSR count). The van der Waals surface area contributed by atoms with E-state index in [1.54, 1.807) is 13.0 Å². The highest BCUT2D eigenvalue weighted by Gasteiger charge is 2.19. The first-order valence-corrected chi connectivity index (χ1v) is 6.12. The fourth-order valence-corrected chi connectivity index (χ4v) is 1.72. The highest BCUT2D eigenvalue weighted by molar-refractivity contribution is 5.94. The Labute approximate surface area is 111 Å². The fraction of sp³-hybridized carbons (Fsp3) is 0.462. The molecule has 0 heterocycles. The van der Waals surface area contributed by atoms with Gasteiger partial charge < -0.3 is 10.1 Å². The van der Waals surface area contributed by atoms with Crippen molar-refractivity contribution < 1.29 is 14.5 Å². The van der Waals surface area contributed by atoms with Gasteiger partial charge in [0.25, 0.3) is 5.69 Å². The first-order valence-electron chi connectivity index (χ1n) is 6.12. The van der Waals surface area contributed by atoms with Crippen molar-refractivity contribution in [2.45, 2.75) is 26.7 Å². The second-order valence-electron chi connectivity index (χ2n) is 4.32. The van der Waals surface area contributed by atoms with Gasteiger partial charge in [-0.15, -0.1) is 0 Å². The largest absolute Gasteiger partial charge is 0.496 e. The number of hydrogen-bond donors (Lipinski definition) is 1. The number of carbonyl (C=O) groups is 1. The minimum Gasteiger partial charge on any atom is -0.496 e. The van der Waals surface area contributed by atoms with E-state index < -0.39 is 4.92 Å². The summed E-state index contributed by atoms with van der Waals surface area (Å²) in [5.74, 6) is -0.00636. The number of methoxy groups -OCH3 is 1. The number of rotatable bonds is 6. The van der Waals surface area contributed by atoms with Crippen LogP contribution in [0.3, 0.4) is 0 Å². The SMILES string of the molecule is CCCC(C)C(=O)Nc1ccc(OC)cc1[N+](=O)[O-]. The number of amides is 1. The Kier molecular flexibility index (Phi) is 5.29. The Morgan fingerprint density at radius 3 is 2.74 bits per heavy atom. The summed E-state index contributed by atoms with van der Waals surface area (Å²) in [7, 11) is 1.43. The van der Waals surface area contributed by atoms with Crippen molar-refractivity contribution in [3.8, 4) is 5.75 Å². The van der Waals surface area contributed by atoms with Gasteiger partial charge in [-0.1, -0.05) is 20.3 Å². The standard InChI is InChI=1S/C13H18N2O4/c1-4-5-9(2)13(16)14-11-7-6-10(19-3)8-12(11)15(17)18/h6-9H,4-5H2,1-3H3,(H,14,16). The van der Waals surface area contributed by atoms with Crippen LogP contribution >= 0.6 is 0 Å². The van der Waals surface area contributed by atoms with Crippen molar-refractivity contribution >= 4 is 17.3 Å². The zero-order valence-corrected chi connectivity index (χ0v) is 11.3. The minimum absolute atomic E-state index is 0.170. The highest BCUT2D eigenvalue weighted by atomic mass is 16.6. The Balaban J connectivity index is 2.94. The first kappa shape index (κ1) is 14.9. The van der Waals surface area contributed by atoms with Crippen LogP contribution in [-0.4, -0.2) is 17.9 Å². The lowest BCUT2D eigenvalue weighted by Gasteiger charge is -2.11. The number of ether oxygens (including phenoxy) is 1. The third kappa shape index (κ3) is 3.94. The molecule has 0 aliphatic rings. The molecule has 0 spiro atoms. The van der Waals surface area contributed by atoms with Crippen LogP contribution in [0.5, 0.6) is 5.75 Å². The molecule has 0 bridgehead atoms. The molecule has 104 valence electrons. The lowest BCUT2D eigenvalue weighted by molar-refractivity contribution is -0.384. The quantitative estimate of drug-likeness (QED) is 0.634. The topological polar surface area (TPSA) is 81.5 Å². The Morgan fingerprint density at radius 2 is 2.21 bits per heavy atom. The van der Waals surface area contributed by atoms with Crippen LogP contribution in [0.25, 0.3) is 0 Å². The second kappa shape index (κ2) is 6.72. The van der Waals surface area contributed by atoms with E-state index in [0.29, 0.717) is 5.75 Å². The molecule has 1 N–H and O–H groups in total. The Bertz CT molecular complexity index is 474. The zero-order valence-electron chi connectivity index (χ0n) is 11.3. The average molecular weight is 266 g/mol. The summed E-state index contributed by atoms with van der Waals surface area (Å²) in [6.45, 7) is 3.79. The van der Waals surface area contributed by atoms with Gasteiger partial charge in [-0.05, 0) is 18.6 Å². The molecule has 0 fully saturated rings. The molecule has 6 heteroatoms. The molecule has 0 radical (unpaired) electrons. The molecule has 1 aromatic rings. The van der Waals surface area contributed by atoms with E-state index in [2.05, 4.69) is 5.32 Å². The van der Waals surface area contributed by atoms with Crippen molar-refractivity contribution in [2.75, 3.05) is 12.4 Å². The second-order valence-corrected chi connectivity index (χ2v) is 4.32. The summed E-state index contributed by atoms with van der Waals surface area (Å²) in [6.07, 6.45) is 1.63. The molecule has 0 saturated heterocycles. The van der Waals surface area contributed by atoms with Gasteiger partial charge in [-0.25, -0.2) is 0 Å². The van der Waals surface area contributed by atoms with Crippen molar-refractivity contribution in [1.82, 2.24) is 0 Å². The smallest absolute Gasteiger partial charge is 0.296 e. The molecule has 1 atom stereocenters. The number of carbonyl (C=O) groups excluding carboxylic acids is 1. The highest BCUT2D eigenvalue weighted by Crippen LogP contribution is 2.29. The predicted molar refractivity (Wildman–Crippen MR) is 72.4 cm³/mol. The number of nitro benzene ring substituents is 1. The lowest BCUT2D eigenvalue weighted by Crippen LogP contribution is -2.20. The number of nitrogens with one attached hydrogen (secondary N) is 1. The average Bonchev–Trinajstić information content (AvgIpc) is 2.39. The van der Waals surface area contributed by atoms with Crippen LogP contribution in [0.2, 0.25) is 0 Å². The van der Waals surface area contributed by atoms with E-state index in [-0.39, 0.29) is 23.2 Å². The normalized spacial score (nSPS) is 11.7. The van der Waals surface area contributed by atoms with Gasteiger partial charge in [0.15, 0.2) is 0 Å². The maximum absolute atomic E-state index is 11.9. The van der Waals surface area contributed by atoms with Crippen LogP contribution in [0, 0.1) is 16.0 Å². The molecule has 19 heavy (non-hydrogen) atoms. The van der Waals surface area contributed by atoms with Crippen LogP contribution in [0.1, 0.15) is 26.7 Å². The number of benzene rings is 1. The van der Waals surface area contributed by atoms with Crippen LogP contribution in [0.15, 0.2) is 18.2 Å². The minimum atomic E-state index is -0.539. The van der Waals surface area contributed by atoms with Crippen molar-refractivity contribution in [1.29, 1.82) is 0 Å². The van der Waals surface area contributed by atoms with E-state index in [4.69, 9.17) is 4.74 Å². The molecular formula is C13H18N2O4. The van der Waals surface area contributed by atoms with E-state index in [1.165, 1.54) is 19.2 Å². The molecule has 0 aromatic heterocycles. The summed E-state index contributed by atoms with van der Waals surface area (Å²) in [5, 5.41) is 13.6. The number of hydrogen-bond acceptors (Lipinski definition) is 4. The number of nitro groups is 1. The summed E-state index contributed by atoms with van der Waals surface area (Å²) in [6, 6.07) is 4.35. The molecule has 0 saturated carbocycles. The molecule has 0 aliphatic carbocycles. The predicted octanol–water partition coefficient (Wildman–Crippen LogP) is 2.98. The fourth-order valence-electron chi connectivity index (χ4n) is 1.72. The first-order chi connectivity index (χ1) is 8.99. The van der Waals surface area contributed by atoms with Gasteiger partial charge >= 0.3 is 0 Å². The third-order valence-electron chi connectivity index (χ3n) is 2.83. The van der Waals surface area contributed by atoms with Gasteiger partial charge in [-0.2, -0.15) is 0 Å². The summed E-state index contributed by atoms with van der Waals surface area (Å²) in [5.41, 5.74) is 0.0233. The monoisotopic (exact) mass is 266 g/mol.